The molecule has 1 heterocycles. The van der Waals surface area contributed by atoms with E-state index < -0.39 is 17.7 Å². The van der Waals surface area contributed by atoms with Crippen LogP contribution in [0.2, 0.25) is 5.02 Å². The van der Waals surface area contributed by atoms with Crippen LogP contribution in [-0.4, -0.2) is 0 Å². The summed E-state index contributed by atoms with van der Waals surface area (Å²) in [6, 6.07) is 3.33. The second-order valence-electron chi connectivity index (χ2n) is 3.87. The fourth-order valence-electron chi connectivity index (χ4n) is 1.57. The van der Waals surface area contributed by atoms with Crippen LogP contribution in [0.4, 0.5) is 8.78 Å². The third-order valence-corrected chi connectivity index (χ3v) is 5.10. The van der Waals surface area contributed by atoms with Gasteiger partial charge < -0.3 is 5.73 Å². The normalized spacial score (nSPS) is 12.8. The van der Waals surface area contributed by atoms with E-state index in [1.165, 1.54) is 11.3 Å². The smallest absolute Gasteiger partial charge is 0.160 e. The van der Waals surface area contributed by atoms with Crippen LogP contribution in [0, 0.1) is 18.6 Å². The highest BCUT2D eigenvalue weighted by Gasteiger charge is 2.18. The van der Waals surface area contributed by atoms with Gasteiger partial charge in [0, 0.05) is 9.90 Å². The van der Waals surface area contributed by atoms with Crippen LogP contribution in [0.15, 0.2) is 22.0 Å². The number of halogens is 4. The van der Waals surface area contributed by atoms with E-state index >= 15 is 0 Å². The number of aryl methyl sites for hydroxylation is 1. The fourth-order valence-corrected chi connectivity index (χ4v) is 3.43. The summed E-state index contributed by atoms with van der Waals surface area (Å²) in [6.45, 7) is 1.93. The van der Waals surface area contributed by atoms with Crippen molar-refractivity contribution in [3.05, 3.63) is 54.6 Å². The summed E-state index contributed by atoms with van der Waals surface area (Å²) in [6.07, 6.45) is 0. The first-order chi connectivity index (χ1) is 8.40. The van der Waals surface area contributed by atoms with Crippen LogP contribution >= 0.6 is 38.9 Å². The molecular weight excluding hydrogens is 344 g/mol. The van der Waals surface area contributed by atoms with Gasteiger partial charge in [0.05, 0.1) is 9.83 Å². The Bertz CT molecular complexity index is 581. The topological polar surface area (TPSA) is 26.0 Å². The molecule has 1 aromatic heterocycles. The molecule has 96 valence electrons. The lowest BCUT2D eigenvalue weighted by molar-refractivity contribution is 0.506. The van der Waals surface area contributed by atoms with Crippen molar-refractivity contribution in [2.45, 2.75) is 13.0 Å². The van der Waals surface area contributed by atoms with Crippen molar-refractivity contribution >= 4 is 38.9 Å². The lowest BCUT2D eigenvalue weighted by Crippen LogP contribution is -2.11. The SMILES string of the molecule is Cc1cc(C(N)c2cc(F)c(F)cc2Cl)sc1Br. The molecule has 0 bridgehead atoms. The molecule has 2 aromatic rings. The summed E-state index contributed by atoms with van der Waals surface area (Å²) in [5, 5.41) is 0.128. The van der Waals surface area contributed by atoms with Crippen LogP contribution in [0.5, 0.6) is 0 Å². The largest absolute Gasteiger partial charge is 0.320 e. The maximum atomic E-state index is 13.2. The van der Waals surface area contributed by atoms with E-state index in [0.717, 1.165) is 26.4 Å². The van der Waals surface area contributed by atoms with Gasteiger partial charge in [-0.05, 0) is 52.2 Å². The lowest BCUT2D eigenvalue weighted by atomic mass is 10.1. The van der Waals surface area contributed by atoms with Crippen molar-refractivity contribution in [1.82, 2.24) is 0 Å². The maximum Gasteiger partial charge on any atom is 0.160 e. The molecule has 0 aliphatic rings. The molecule has 1 atom stereocenters. The van der Waals surface area contributed by atoms with Crippen LogP contribution in [0.25, 0.3) is 0 Å². The zero-order valence-electron chi connectivity index (χ0n) is 9.31. The molecule has 1 nitrogen and oxygen atoms in total. The van der Waals surface area contributed by atoms with E-state index in [1.807, 2.05) is 13.0 Å². The Hall–Kier alpha value is -0.490. The summed E-state index contributed by atoms with van der Waals surface area (Å²) < 4.78 is 27.2. The number of hydrogen-bond acceptors (Lipinski definition) is 2. The number of thiophene rings is 1. The van der Waals surface area contributed by atoms with Gasteiger partial charge in [0.15, 0.2) is 11.6 Å². The molecule has 1 aromatic carbocycles. The quantitative estimate of drug-likeness (QED) is 0.772. The van der Waals surface area contributed by atoms with Gasteiger partial charge in [-0.1, -0.05) is 11.6 Å². The molecule has 0 spiro atoms. The van der Waals surface area contributed by atoms with Crippen LogP contribution in [0.3, 0.4) is 0 Å². The molecule has 0 amide bonds. The average molecular weight is 353 g/mol. The predicted octanol–water partition coefficient (Wildman–Crippen LogP) is 4.80. The zero-order chi connectivity index (χ0) is 13.4. The minimum atomic E-state index is -0.973. The second-order valence-corrected chi connectivity index (χ2v) is 6.68. The molecule has 0 fully saturated rings. The van der Waals surface area contributed by atoms with E-state index in [0.29, 0.717) is 5.56 Å². The van der Waals surface area contributed by atoms with Crippen molar-refractivity contribution in [2.75, 3.05) is 0 Å². The molecule has 18 heavy (non-hydrogen) atoms. The van der Waals surface area contributed by atoms with Crippen molar-refractivity contribution in [3.63, 3.8) is 0 Å². The van der Waals surface area contributed by atoms with Gasteiger partial charge in [-0.2, -0.15) is 0 Å². The minimum Gasteiger partial charge on any atom is -0.320 e. The Balaban J connectivity index is 2.45. The summed E-state index contributed by atoms with van der Waals surface area (Å²) in [7, 11) is 0. The molecule has 2 rings (SSSR count). The van der Waals surface area contributed by atoms with Crippen molar-refractivity contribution < 1.29 is 8.78 Å². The van der Waals surface area contributed by atoms with Crippen LogP contribution < -0.4 is 5.73 Å². The van der Waals surface area contributed by atoms with E-state index in [-0.39, 0.29) is 5.02 Å². The zero-order valence-corrected chi connectivity index (χ0v) is 12.5. The standard InChI is InChI=1S/C12H9BrClF2NS/c1-5-2-10(18-12(5)13)11(17)6-3-8(15)9(16)4-7(6)14/h2-4,11H,17H2,1H3. The van der Waals surface area contributed by atoms with Crippen LogP contribution in [0.1, 0.15) is 22.0 Å². The van der Waals surface area contributed by atoms with Gasteiger partial charge in [-0.15, -0.1) is 11.3 Å². The number of rotatable bonds is 2. The molecule has 1 unspecified atom stereocenters. The highest BCUT2D eigenvalue weighted by Crippen LogP contribution is 2.35. The van der Waals surface area contributed by atoms with Gasteiger partial charge in [0.2, 0.25) is 0 Å². The van der Waals surface area contributed by atoms with Gasteiger partial charge in [0.1, 0.15) is 0 Å². The molecular formula is C12H9BrClF2NS. The van der Waals surface area contributed by atoms with E-state index in [9.17, 15) is 8.78 Å². The number of nitrogens with two attached hydrogens (primary N) is 1. The molecule has 0 saturated heterocycles. The van der Waals surface area contributed by atoms with E-state index in [2.05, 4.69) is 15.9 Å². The van der Waals surface area contributed by atoms with Crippen LogP contribution in [-0.2, 0) is 0 Å². The number of benzene rings is 1. The van der Waals surface area contributed by atoms with Crippen molar-refractivity contribution in [3.8, 4) is 0 Å². The minimum absolute atomic E-state index is 0.128. The first-order valence-corrected chi connectivity index (χ1v) is 7.04. The van der Waals surface area contributed by atoms with Crippen molar-refractivity contribution in [1.29, 1.82) is 0 Å². The monoisotopic (exact) mass is 351 g/mol. The van der Waals surface area contributed by atoms with Gasteiger partial charge in [-0.3, -0.25) is 0 Å². The lowest BCUT2D eigenvalue weighted by Gasteiger charge is -2.12. The molecule has 0 saturated carbocycles. The van der Waals surface area contributed by atoms with Gasteiger partial charge >= 0.3 is 0 Å². The molecule has 0 aliphatic carbocycles. The number of hydrogen-bond donors (Lipinski definition) is 1. The summed E-state index contributed by atoms with van der Waals surface area (Å²) in [4.78, 5) is 0.840. The summed E-state index contributed by atoms with van der Waals surface area (Å²) in [5.74, 6) is -1.92. The summed E-state index contributed by atoms with van der Waals surface area (Å²) in [5.41, 5.74) is 7.46. The fraction of sp³-hybridized carbons (Fsp3) is 0.167. The first-order valence-electron chi connectivity index (χ1n) is 5.06. The Morgan fingerprint density at radius 2 is 1.89 bits per heavy atom. The summed E-state index contributed by atoms with van der Waals surface area (Å²) >= 11 is 10.7. The highest BCUT2D eigenvalue weighted by atomic mass is 79.9. The van der Waals surface area contributed by atoms with E-state index in [4.69, 9.17) is 17.3 Å². The Morgan fingerprint density at radius 1 is 1.28 bits per heavy atom. The molecule has 2 N–H and O–H groups in total. The Labute approximate surface area is 121 Å². The maximum absolute atomic E-state index is 13.2. The molecule has 0 radical (unpaired) electrons. The Kier molecular flexibility index (Phi) is 4.06. The molecule has 6 heteroatoms. The Morgan fingerprint density at radius 3 is 2.44 bits per heavy atom. The van der Waals surface area contributed by atoms with Gasteiger partial charge in [-0.25, -0.2) is 8.78 Å². The predicted molar refractivity (Wildman–Crippen MR) is 74.2 cm³/mol. The van der Waals surface area contributed by atoms with E-state index in [1.54, 1.807) is 0 Å². The molecule has 0 aliphatic heterocycles. The third kappa shape index (κ3) is 2.59. The third-order valence-electron chi connectivity index (χ3n) is 2.56. The van der Waals surface area contributed by atoms with Crippen molar-refractivity contribution in [2.24, 2.45) is 5.73 Å². The highest BCUT2D eigenvalue weighted by molar-refractivity contribution is 9.11. The average Bonchev–Trinajstić information content (AvgIpc) is 2.63. The van der Waals surface area contributed by atoms with Gasteiger partial charge in [0.25, 0.3) is 0 Å². The first kappa shape index (κ1) is 13.9. The second kappa shape index (κ2) is 5.25.